The standard InChI is InChI=1S/C18H24FN3O2/c1-18(2,3)24-17(23)21(4)15-7-9-22(10-8-15)16-6-5-14(19)11-13(16)12-20/h5-6,11,15H,7-10H2,1-4H3. The molecule has 5 nitrogen and oxygen atoms in total. The van der Waals surface area contributed by atoms with Gasteiger partial charge in [-0.2, -0.15) is 5.26 Å². The van der Waals surface area contributed by atoms with Crippen molar-refractivity contribution in [1.82, 2.24) is 4.90 Å². The molecule has 0 bridgehead atoms. The van der Waals surface area contributed by atoms with Crippen molar-refractivity contribution < 1.29 is 13.9 Å². The number of rotatable bonds is 2. The Hall–Kier alpha value is -2.29. The number of halogens is 1. The first-order valence-electron chi connectivity index (χ1n) is 8.11. The van der Waals surface area contributed by atoms with Crippen molar-refractivity contribution in [3.63, 3.8) is 0 Å². The third-order valence-corrected chi connectivity index (χ3v) is 4.11. The summed E-state index contributed by atoms with van der Waals surface area (Å²) in [6.07, 6.45) is 1.23. The highest BCUT2D eigenvalue weighted by Crippen LogP contribution is 2.26. The number of carbonyl (C=O) groups excluding carboxylic acids is 1. The Morgan fingerprint density at radius 2 is 2.00 bits per heavy atom. The zero-order valence-corrected chi connectivity index (χ0v) is 14.7. The van der Waals surface area contributed by atoms with Gasteiger partial charge in [-0.25, -0.2) is 9.18 Å². The van der Waals surface area contributed by atoms with Gasteiger partial charge in [-0.05, 0) is 51.8 Å². The van der Waals surface area contributed by atoms with Crippen molar-refractivity contribution in [3.8, 4) is 6.07 Å². The predicted octanol–water partition coefficient (Wildman–Crippen LogP) is 3.53. The number of benzene rings is 1. The SMILES string of the molecule is CN(C(=O)OC(C)(C)C)C1CCN(c2ccc(F)cc2C#N)CC1. The van der Waals surface area contributed by atoms with E-state index in [2.05, 4.69) is 4.90 Å². The second-order valence-corrected chi connectivity index (χ2v) is 7.08. The highest BCUT2D eigenvalue weighted by Gasteiger charge is 2.29. The molecule has 0 spiro atoms. The normalized spacial score (nSPS) is 15.8. The summed E-state index contributed by atoms with van der Waals surface area (Å²) < 4.78 is 18.7. The Labute approximate surface area is 142 Å². The minimum Gasteiger partial charge on any atom is -0.444 e. The molecule has 1 aromatic rings. The van der Waals surface area contributed by atoms with Crippen LogP contribution in [0.4, 0.5) is 14.9 Å². The van der Waals surface area contributed by atoms with Crippen molar-refractivity contribution in [2.75, 3.05) is 25.0 Å². The first-order chi connectivity index (χ1) is 11.2. The second kappa shape index (κ2) is 7.08. The largest absolute Gasteiger partial charge is 0.444 e. The van der Waals surface area contributed by atoms with Gasteiger partial charge in [0.1, 0.15) is 17.5 Å². The molecule has 1 fully saturated rings. The van der Waals surface area contributed by atoms with Gasteiger partial charge in [0.15, 0.2) is 0 Å². The summed E-state index contributed by atoms with van der Waals surface area (Å²) in [7, 11) is 1.76. The molecule has 1 aromatic carbocycles. The van der Waals surface area contributed by atoms with Gasteiger partial charge in [0.25, 0.3) is 0 Å². The summed E-state index contributed by atoms with van der Waals surface area (Å²) in [5, 5.41) is 9.18. The molecule has 1 amide bonds. The van der Waals surface area contributed by atoms with Gasteiger partial charge in [-0.3, -0.25) is 0 Å². The molecule has 0 aliphatic carbocycles. The number of nitriles is 1. The van der Waals surface area contributed by atoms with Crippen LogP contribution in [0.3, 0.4) is 0 Å². The predicted molar refractivity (Wildman–Crippen MR) is 90.3 cm³/mol. The maximum absolute atomic E-state index is 13.3. The summed E-state index contributed by atoms with van der Waals surface area (Å²) in [6, 6.07) is 6.42. The average molecular weight is 333 g/mol. The molecule has 130 valence electrons. The van der Waals surface area contributed by atoms with E-state index in [0.29, 0.717) is 18.7 Å². The van der Waals surface area contributed by atoms with Gasteiger partial charge in [-0.1, -0.05) is 0 Å². The first-order valence-corrected chi connectivity index (χ1v) is 8.11. The van der Waals surface area contributed by atoms with Crippen LogP contribution in [0.2, 0.25) is 0 Å². The number of nitrogens with zero attached hydrogens (tertiary/aromatic N) is 3. The minimum absolute atomic E-state index is 0.0992. The summed E-state index contributed by atoms with van der Waals surface area (Å²) in [5.74, 6) is -0.408. The average Bonchev–Trinajstić information content (AvgIpc) is 2.52. The van der Waals surface area contributed by atoms with Gasteiger partial charge in [0, 0.05) is 26.2 Å². The third-order valence-electron chi connectivity index (χ3n) is 4.11. The zero-order chi connectivity index (χ0) is 17.9. The Morgan fingerprint density at radius 1 is 1.38 bits per heavy atom. The molecule has 1 aliphatic rings. The van der Waals surface area contributed by atoms with Crippen LogP contribution in [0.25, 0.3) is 0 Å². The number of anilines is 1. The number of piperidine rings is 1. The molecule has 24 heavy (non-hydrogen) atoms. The lowest BCUT2D eigenvalue weighted by Crippen LogP contribution is -2.47. The minimum atomic E-state index is -0.512. The molecule has 1 aliphatic heterocycles. The second-order valence-electron chi connectivity index (χ2n) is 7.08. The summed E-state index contributed by atoms with van der Waals surface area (Å²) in [6.45, 7) is 6.95. The number of hydrogen-bond acceptors (Lipinski definition) is 4. The van der Waals surface area contributed by atoms with Crippen LogP contribution in [0.15, 0.2) is 18.2 Å². The highest BCUT2D eigenvalue weighted by molar-refractivity contribution is 5.68. The van der Waals surface area contributed by atoms with Gasteiger partial charge >= 0.3 is 6.09 Å². The smallest absolute Gasteiger partial charge is 0.410 e. The van der Waals surface area contributed by atoms with Crippen LogP contribution in [-0.4, -0.2) is 42.8 Å². The Kier molecular flexibility index (Phi) is 5.33. The maximum atomic E-state index is 13.3. The van der Waals surface area contributed by atoms with E-state index < -0.39 is 11.4 Å². The van der Waals surface area contributed by atoms with Gasteiger partial charge in [0.2, 0.25) is 0 Å². The topological polar surface area (TPSA) is 56.6 Å². The molecule has 0 saturated carbocycles. The fourth-order valence-electron chi connectivity index (χ4n) is 2.85. The molecule has 0 radical (unpaired) electrons. The molecule has 2 rings (SSSR count). The molecule has 6 heteroatoms. The van der Waals surface area contributed by atoms with E-state index in [1.807, 2.05) is 26.8 Å². The highest BCUT2D eigenvalue weighted by atomic mass is 19.1. The fourth-order valence-corrected chi connectivity index (χ4v) is 2.85. The van der Waals surface area contributed by atoms with Crippen LogP contribution in [-0.2, 0) is 4.74 Å². The van der Waals surface area contributed by atoms with Gasteiger partial charge in [-0.15, -0.1) is 0 Å². The van der Waals surface area contributed by atoms with Crippen LogP contribution >= 0.6 is 0 Å². The monoisotopic (exact) mass is 333 g/mol. The van der Waals surface area contributed by atoms with Crippen LogP contribution in [0.1, 0.15) is 39.2 Å². The van der Waals surface area contributed by atoms with E-state index in [1.54, 1.807) is 18.0 Å². The lowest BCUT2D eigenvalue weighted by molar-refractivity contribution is 0.0201. The summed E-state index contributed by atoms with van der Waals surface area (Å²) in [4.78, 5) is 15.9. The lowest BCUT2D eigenvalue weighted by Gasteiger charge is -2.38. The van der Waals surface area contributed by atoms with Crippen molar-refractivity contribution in [3.05, 3.63) is 29.6 Å². The molecule has 0 atom stereocenters. The quantitative estimate of drug-likeness (QED) is 0.831. The van der Waals surface area contributed by atoms with E-state index in [0.717, 1.165) is 18.5 Å². The molecule has 1 saturated heterocycles. The van der Waals surface area contributed by atoms with E-state index in [1.165, 1.54) is 12.1 Å². The van der Waals surface area contributed by atoms with E-state index in [-0.39, 0.29) is 12.1 Å². The van der Waals surface area contributed by atoms with E-state index >= 15 is 0 Å². The van der Waals surface area contributed by atoms with Crippen LogP contribution in [0, 0.1) is 17.1 Å². The number of ether oxygens (including phenoxy) is 1. The maximum Gasteiger partial charge on any atom is 0.410 e. The third kappa shape index (κ3) is 4.38. The molecular weight excluding hydrogens is 309 g/mol. The van der Waals surface area contributed by atoms with Crippen molar-refractivity contribution in [2.45, 2.75) is 45.3 Å². The summed E-state index contributed by atoms with van der Waals surface area (Å²) >= 11 is 0. The lowest BCUT2D eigenvalue weighted by atomic mass is 10.0. The molecule has 0 N–H and O–H groups in total. The van der Waals surface area contributed by atoms with Crippen molar-refractivity contribution >= 4 is 11.8 Å². The van der Waals surface area contributed by atoms with Crippen LogP contribution in [0.5, 0.6) is 0 Å². The molecular formula is C18H24FN3O2. The number of carbonyl (C=O) groups is 1. The Bertz CT molecular complexity index is 641. The van der Waals surface area contributed by atoms with Gasteiger partial charge in [0.05, 0.1) is 11.3 Å². The van der Waals surface area contributed by atoms with E-state index in [9.17, 15) is 14.4 Å². The number of hydrogen-bond donors (Lipinski definition) is 0. The van der Waals surface area contributed by atoms with Crippen LogP contribution < -0.4 is 4.90 Å². The molecule has 1 heterocycles. The Balaban J connectivity index is 1.99. The van der Waals surface area contributed by atoms with Gasteiger partial charge < -0.3 is 14.5 Å². The Morgan fingerprint density at radius 3 is 2.54 bits per heavy atom. The zero-order valence-electron chi connectivity index (χ0n) is 14.7. The van der Waals surface area contributed by atoms with Crippen molar-refractivity contribution in [2.24, 2.45) is 0 Å². The molecule has 0 unspecified atom stereocenters. The molecule has 0 aromatic heterocycles. The number of amides is 1. The van der Waals surface area contributed by atoms with E-state index in [4.69, 9.17) is 4.74 Å². The van der Waals surface area contributed by atoms with Crippen molar-refractivity contribution in [1.29, 1.82) is 5.26 Å². The summed E-state index contributed by atoms with van der Waals surface area (Å²) in [5.41, 5.74) is 0.577. The fraction of sp³-hybridized carbons (Fsp3) is 0.556. The first kappa shape index (κ1) is 18.1.